The third-order valence-electron chi connectivity index (χ3n) is 3.59. The van der Waals surface area contributed by atoms with E-state index in [4.69, 9.17) is 46.4 Å². The number of carboxylic acids is 1. The van der Waals surface area contributed by atoms with Crippen LogP contribution in [0.15, 0.2) is 12.1 Å². The predicted molar refractivity (Wildman–Crippen MR) is 89.2 cm³/mol. The van der Waals surface area contributed by atoms with Crippen LogP contribution >= 0.6 is 46.4 Å². The number of rotatable bonds is 4. The highest BCUT2D eigenvalue weighted by molar-refractivity contribution is 6.40. The minimum Gasteiger partial charge on any atom is -0.549 e. The van der Waals surface area contributed by atoms with Crippen LogP contribution in [0.25, 0.3) is 11.1 Å². The lowest BCUT2D eigenvalue weighted by atomic mass is 10.0. The number of halogens is 8. The summed E-state index contributed by atoms with van der Waals surface area (Å²) in [6.07, 6.45) is -5.17. The van der Waals surface area contributed by atoms with Crippen LogP contribution in [0, 0.1) is 5.82 Å². The van der Waals surface area contributed by atoms with Gasteiger partial charge in [0, 0.05) is 23.2 Å². The summed E-state index contributed by atoms with van der Waals surface area (Å²) in [4.78, 5) is 10.8. The lowest BCUT2D eigenvalue weighted by molar-refractivity contribution is -0.305. The minimum absolute atomic E-state index is 0.0804. The fourth-order valence-corrected chi connectivity index (χ4v) is 3.53. The zero-order valence-corrected chi connectivity index (χ0v) is 15.8. The Morgan fingerprint density at radius 2 is 1.85 bits per heavy atom. The van der Waals surface area contributed by atoms with Crippen LogP contribution in [0.5, 0.6) is 0 Å². The molecule has 11 heteroatoms. The van der Waals surface area contributed by atoms with Crippen LogP contribution in [0.1, 0.15) is 11.3 Å². The van der Waals surface area contributed by atoms with E-state index in [1.165, 1.54) is 0 Å². The zero-order chi connectivity index (χ0) is 20.0. The second-order valence-corrected chi connectivity index (χ2v) is 6.97. The molecule has 0 amide bonds. The molecule has 1 aromatic heterocycles. The quantitative estimate of drug-likeness (QED) is 0.499. The molecule has 0 aliphatic heterocycles. The Labute approximate surface area is 165 Å². The van der Waals surface area contributed by atoms with Crippen molar-refractivity contribution in [2.45, 2.75) is 18.0 Å². The predicted octanol–water partition coefficient (Wildman–Crippen LogP) is 4.71. The van der Waals surface area contributed by atoms with Crippen LogP contribution < -0.4 is 5.11 Å². The molecule has 0 saturated heterocycles. The fourth-order valence-electron chi connectivity index (χ4n) is 2.38. The Bertz CT molecular complexity index is 880. The van der Waals surface area contributed by atoms with E-state index in [1.807, 2.05) is 0 Å². The molecule has 0 bridgehead atoms. The maximum atomic E-state index is 14.4. The van der Waals surface area contributed by atoms with Crippen LogP contribution in [0.4, 0.5) is 17.6 Å². The van der Waals surface area contributed by atoms with Crippen molar-refractivity contribution in [2.24, 2.45) is 7.05 Å². The average molecular weight is 452 g/mol. The first-order chi connectivity index (χ1) is 11.9. The number of carbonyl (C=O) groups is 1. The molecular formula is C15H8Cl4F4NO2-. The van der Waals surface area contributed by atoms with Gasteiger partial charge in [0.1, 0.15) is 16.7 Å². The molecule has 26 heavy (non-hydrogen) atoms. The Balaban J connectivity index is 2.68. The van der Waals surface area contributed by atoms with E-state index in [0.29, 0.717) is 4.57 Å². The third kappa shape index (κ3) is 3.91. The molecule has 2 aromatic rings. The number of aromatic nitrogens is 1. The molecule has 1 heterocycles. The van der Waals surface area contributed by atoms with Gasteiger partial charge < -0.3 is 14.5 Å². The molecule has 1 aromatic carbocycles. The highest BCUT2D eigenvalue weighted by Gasteiger charge is 2.40. The van der Waals surface area contributed by atoms with E-state index in [9.17, 15) is 27.5 Å². The SMILES string of the molecule is Cn1c(Cl)c(-c2cc(CC(Cl)C(=O)[O-])c(Cl)cc2F)c(Cl)c1C(F)(F)F. The monoisotopic (exact) mass is 450 g/mol. The number of carbonyl (C=O) groups excluding carboxylic acids is 1. The van der Waals surface area contributed by atoms with Gasteiger partial charge >= 0.3 is 6.18 Å². The molecule has 2 rings (SSSR count). The van der Waals surface area contributed by atoms with Crippen molar-refractivity contribution in [2.75, 3.05) is 0 Å². The van der Waals surface area contributed by atoms with E-state index in [2.05, 4.69) is 0 Å². The van der Waals surface area contributed by atoms with Gasteiger partial charge in [-0.3, -0.25) is 0 Å². The number of aliphatic carboxylic acids is 1. The first kappa shape index (κ1) is 21.2. The molecule has 0 radical (unpaired) electrons. The van der Waals surface area contributed by atoms with Gasteiger partial charge in [0.05, 0.1) is 16.4 Å². The van der Waals surface area contributed by atoms with E-state index in [0.717, 1.165) is 19.2 Å². The Hall–Kier alpha value is -1.15. The van der Waals surface area contributed by atoms with Gasteiger partial charge in [0.25, 0.3) is 0 Å². The number of hydrogen-bond donors (Lipinski definition) is 0. The number of hydrogen-bond acceptors (Lipinski definition) is 2. The molecule has 0 fully saturated rings. The van der Waals surface area contributed by atoms with Crippen LogP contribution in [0.2, 0.25) is 15.2 Å². The van der Waals surface area contributed by atoms with Crippen molar-refractivity contribution >= 4 is 52.4 Å². The molecule has 0 aliphatic rings. The van der Waals surface area contributed by atoms with Gasteiger partial charge in [-0.1, -0.05) is 34.8 Å². The van der Waals surface area contributed by atoms with Gasteiger partial charge in [-0.25, -0.2) is 4.39 Å². The second-order valence-electron chi connectivity index (χ2n) is 5.30. The lowest BCUT2D eigenvalue weighted by Crippen LogP contribution is -2.33. The molecule has 0 saturated carbocycles. The third-order valence-corrected chi connectivity index (χ3v) is 5.09. The Kier molecular flexibility index (Phi) is 6.07. The summed E-state index contributed by atoms with van der Waals surface area (Å²) in [5.74, 6) is -2.56. The van der Waals surface area contributed by atoms with Crippen molar-refractivity contribution in [3.05, 3.63) is 44.4 Å². The Morgan fingerprint density at radius 1 is 1.27 bits per heavy atom. The maximum Gasteiger partial charge on any atom is 0.432 e. The van der Waals surface area contributed by atoms with E-state index in [-0.39, 0.29) is 22.6 Å². The van der Waals surface area contributed by atoms with E-state index >= 15 is 0 Å². The first-order valence-corrected chi connectivity index (χ1v) is 8.37. The standard InChI is InChI=1S/C15H9Cl4F4NO2/c1-24-12(15(21,22)23)11(18)10(13(24)19)6-2-5(3-8(17)14(25)26)7(16)4-9(6)20/h2,4,8H,3H2,1H3,(H,25,26)/p-1. The normalized spacial score (nSPS) is 13.1. The summed E-state index contributed by atoms with van der Waals surface area (Å²) < 4.78 is 54.4. The smallest absolute Gasteiger partial charge is 0.432 e. The number of carboxylic acid groups (broad SMARTS) is 1. The van der Waals surface area contributed by atoms with Crippen LogP contribution in [-0.4, -0.2) is 15.9 Å². The van der Waals surface area contributed by atoms with Gasteiger partial charge in [-0.15, -0.1) is 11.6 Å². The van der Waals surface area contributed by atoms with E-state index in [1.54, 1.807) is 0 Å². The van der Waals surface area contributed by atoms with Gasteiger partial charge in [-0.2, -0.15) is 13.2 Å². The summed E-state index contributed by atoms with van der Waals surface area (Å²) in [5.41, 5.74) is -1.93. The van der Waals surface area contributed by atoms with Crippen LogP contribution in [0.3, 0.4) is 0 Å². The average Bonchev–Trinajstić information content (AvgIpc) is 2.71. The van der Waals surface area contributed by atoms with Crippen molar-refractivity contribution in [3.8, 4) is 11.1 Å². The highest BCUT2D eigenvalue weighted by atomic mass is 35.5. The maximum absolute atomic E-state index is 14.4. The van der Waals surface area contributed by atoms with Crippen molar-refractivity contribution in [1.29, 1.82) is 0 Å². The van der Waals surface area contributed by atoms with Gasteiger partial charge in [0.2, 0.25) is 0 Å². The lowest BCUT2D eigenvalue weighted by Gasteiger charge is -2.14. The number of alkyl halides is 4. The fraction of sp³-hybridized carbons (Fsp3) is 0.267. The van der Waals surface area contributed by atoms with Crippen molar-refractivity contribution in [1.82, 2.24) is 4.57 Å². The zero-order valence-electron chi connectivity index (χ0n) is 12.7. The summed E-state index contributed by atoms with van der Waals surface area (Å²) in [5, 5.41) is 7.90. The van der Waals surface area contributed by atoms with Gasteiger partial charge in [0.15, 0.2) is 0 Å². The highest BCUT2D eigenvalue weighted by Crippen LogP contribution is 2.46. The van der Waals surface area contributed by atoms with Crippen molar-refractivity contribution < 1.29 is 27.5 Å². The molecule has 142 valence electrons. The van der Waals surface area contributed by atoms with Crippen LogP contribution in [-0.2, 0) is 24.4 Å². The Morgan fingerprint density at radius 3 is 2.31 bits per heavy atom. The second kappa shape index (κ2) is 7.46. The number of benzene rings is 1. The topological polar surface area (TPSA) is 45.1 Å². The molecule has 0 spiro atoms. The minimum atomic E-state index is -4.82. The van der Waals surface area contributed by atoms with Crippen molar-refractivity contribution in [3.63, 3.8) is 0 Å². The molecule has 0 aliphatic carbocycles. The van der Waals surface area contributed by atoms with Gasteiger partial charge in [-0.05, 0) is 24.1 Å². The summed E-state index contributed by atoms with van der Waals surface area (Å²) in [7, 11) is 1.03. The molecular weight excluding hydrogens is 444 g/mol. The molecule has 1 atom stereocenters. The summed E-state index contributed by atoms with van der Waals surface area (Å²) in [6, 6.07) is 1.88. The molecule has 1 unspecified atom stereocenters. The van der Waals surface area contributed by atoms with E-state index < -0.39 is 44.8 Å². The molecule has 3 nitrogen and oxygen atoms in total. The molecule has 0 N–H and O–H groups in total. The number of nitrogens with zero attached hydrogens (tertiary/aromatic N) is 1. The largest absolute Gasteiger partial charge is 0.549 e. The summed E-state index contributed by atoms with van der Waals surface area (Å²) in [6.45, 7) is 0. The first-order valence-electron chi connectivity index (χ1n) is 6.80. The summed E-state index contributed by atoms with van der Waals surface area (Å²) >= 11 is 23.2.